The van der Waals surface area contributed by atoms with Gasteiger partial charge in [0.1, 0.15) is 0 Å². The lowest BCUT2D eigenvalue weighted by Gasteiger charge is -2.31. The predicted octanol–water partition coefficient (Wildman–Crippen LogP) is 3.12. The number of aryl methyl sites for hydroxylation is 1. The van der Waals surface area contributed by atoms with Crippen LogP contribution < -0.4 is 5.32 Å². The van der Waals surface area contributed by atoms with Gasteiger partial charge in [-0.05, 0) is 50.2 Å². The molecule has 1 aliphatic carbocycles. The molecule has 0 aromatic heterocycles. The van der Waals surface area contributed by atoms with Crippen molar-refractivity contribution in [3.63, 3.8) is 0 Å². The molecule has 0 aliphatic heterocycles. The van der Waals surface area contributed by atoms with Crippen molar-refractivity contribution in [3.8, 4) is 0 Å². The second kappa shape index (κ2) is 5.85. The minimum atomic E-state index is 0.0567. The Morgan fingerprint density at radius 1 is 1.33 bits per heavy atom. The zero-order valence-corrected chi connectivity index (χ0v) is 11.8. The third-order valence-corrected chi connectivity index (χ3v) is 3.83. The fraction of sp³-hybridized carbons (Fsp3) is 0.625. The number of rotatable bonds is 5. The van der Waals surface area contributed by atoms with Crippen LogP contribution in [0.4, 0.5) is 0 Å². The monoisotopic (exact) mass is 247 g/mol. The van der Waals surface area contributed by atoms with Crippen molar-refractivity contribution in [3.05, 3.63) is 35.4 Å². The van der Waals surface area contributed by atoms with Crippen molar-refractivity contribution < 1.29 is 4.74 Å². The summed E-state index contributed by atoms with van der Waals surface area (Å²) in [5, 5.41) is 3.65. The largest absolute Gasteiger partial charge is 0.383 e. The van der Waals surface area contributed by atoms with Gasteiger partial charge in [0.25, 0.3) is 0 Å². The lowest BCUT2D eigenvalue weighted by atomic mass is 9.82. The van der Waals surface area contributed by atoms with Gasteiger partial charge in [0.05, 0.1) is 6.61 Å². The Morgan fingerprint density at radius 2 is 2.11 bits per heavy atom. The van der Waals surface area contributed by atoms with Gasteiger partial charge in [-0.2, -0.15) is 0 Å². The van der Waals surface area contributed by atoms with Crippen LogP contribution in [-0.4, -0.2) is 25.8 Å². The number of methoxy groups -OCH3 is 1. The second-order valence-electron chi connectivity index (χ2n) is 5.99. The Kier molecular flexibility index (Phi) is 4.41. The van der Waals surface area contributed by atoms with E-state index in [1.165, 1.54) is 19.3 Å². The first-order chi connectivity index (χ1) is 8.62. The zero-order valence-electron chi connectivity index (χ0n) is 11.8. The molecular weight excluding hydrogens is 222 g/mol. The van der Waals surface area contributed by atoms with Crippen molar-refractivity contribution >= 4 is 0 Å². The van der Waals surface area contributed by atoms with Crippen LogP contribution in [0.1, 0.15) is 43.7 Å². The topological polar surface area (TPSA) is 21.3 Å². The van der Waals surface area contributed by atoms with Crippen molar-refractivity contribution in [2.45, 2.75) is 44.6 Å². The lowest BCUT2D eigenvalue weighted by molar-refractivity contribution is 0.127. The van der Waals surface area contributed by atoms with Crippen LogP contribution in [0.2, 0.25) is 0 Å². The quantitative estimate of drug-likeness (QED) is 0.863. The first-order valence-electron chi connectivity index (χ1n) is 6.94. The van der Waals surface area contributed by atoms with E-state index in [9.17, 15) is 0 Å². The number of benzene rings is 1. The third-order valence-electron chi connectivity index (χ3n) is 3.83. The van der Waals surface area contributed by atoms with E-state index < -0.39 is 0 Å². The summed E-state index contributed by atoms with van der Waals surface area (Å²) in [6.07, 6.45) is 3.86. The number of ether oxygens (including phenoxy) is 1. The van der Waals surface area contributed by atoms with E-state index in [1.807, 2.05) is 0 Å². The standard InChI is InChI=1S/C16H25NO/c1-16(2,12-18-3)17-11-14-9-6-8-13-7-4-5-10-15(13)14/h4-5,7,10,14,17H,6,8-9,11-12H2,1-3H3. The van der Waals surface area contributed by atoms with E-state index in [4.69, 9.17) is 4.74 Å². The maximum atomic E-state index is 5.25. The fourth-order valence-corrected chi connectivity index (χ4v) is 2.88. The molecule has 1 aliphatic rings. The minimum Gasteiger partial charge on any atom is -0.383 e. The van der Waals surface area contributed by atoms with E-state index in [2.05, 4.69) is 43.4 Å². The Hall–Kier alpha value is -0.860. The van der Waals surface area contributed by atoms with Crippen LogP contribution in [0.3, 0.4) is 0 Å². The summed E-state index contributed by atoms with van der Waals surface area (Å²) < 4.78 is 5.25. The summed E-state index contributed by atoms with van der Waals surface area (Å²) in [5.41, 5.74) is 3.14. The van der Waals surface area contributed by atoms with Crippen LogP contribution in [0.15, 0.2) is 24.3 Å². The maximum absolute atomic E-state index is 5.25. The summed E-state index contributed by atoms with van der Waals surface area (Å²) >= 11 is 0. The average Bonchev–Trinajstić information content (AvgIpc) is 2.36. The second-order valence-corrected chi connectivity index (χ2v) is 5.99. The van der Waals surface area contributed by atoms with Crippen LogP contribution in [-0.2, 0) is 11.2 Å². The molecule has 0 saturated carbocycles. The molecule has 1 unspecified atom stereocenters. The van der Waals surface area contributed by atoms with Crippen LogP contribution in [0, 0.1) is 0 Å². The molecule has 1 atom stereocenters. The van der Waals surface area contributed by atoms with Gasteiger partial charge in [-0.3, -0.25) is 0 Å². The number of nitrogens with one attached hydrogen (secondary N) is 1. The molecular formula is C16H25NO. The summed E-state index contributed by atoms with van der Waals surface area (Å²) in [7, 11) is 1.76. The van der Waals surface area contributed by atoms with Crippen molar-refractivity contribution in [2.75, 3.05) is 20.3 Å². The summed E-state index contributed by atoms with van der Waals surface area (Å²) in [6, 6.07) is 8.90. The highest BCUT2D eigenvalue weighted by Gasteiger charge is 2.23. The van der Waals surface area contributed by atoms with Gasteiger partial charge >= 0.3 is 0 Å². The summed E-state index contributed by atoms with van der Waals surface area (Å²) in [4.78, 5) is 0. The first kappa shape index (κ1) is 13.6. The highest BCUT2D eigenvalue weighted by Crippen LogP contribution is 2.31. The average molecular weight is 247 g/mol. The van der Waals surface area contributed by atoms with E-state index in [-0.39, 0.29) is 5.54 Å². The van der Waals surface area contributed by atoms with Crippen molar-refractivity contribution in [1.29, 1.82) is 0 Å². The molecule has 0 amide bonds. The zero-order chi connectivity index (χ0) is 13.0. The fourth-order valence-electron chi connectivity index (χ4n) is 2.88. The minimum absolute atomic E-state index is 0.0567. The lowest BCUT2D eigenvalue weighted by Crippen LogP contribution is -2.45. The molecule has 18 heavy (non-hydrogen) atoms. The molecule has 0 saturated heterocycles. The molecule has 0 radical (unpaired) electrons. The van der Waals surface area contributed by atoms with Gasteiger partial charge < -0.3 is 10.1 Å². The molecule has 2 nitrogen and oxygen atoms in total. The van der Waals surface area contributed by atoms with Gasteiger partial charge in [0.15, 0.2) is 0 Å². The Labute approximate surface area is 111 Å². The smallest absolute Gasteiger partial charge is 0.0639 e. The van der Waals surface area contributed by atoms with Crippen LogP contribution in [0.5, 0.6) is 0 Å². The molecule has 0 spiro atoms. The SMILES string of the molecule is COCC(C)(C)NCC1CCCc2ccccc21. The predicted molar refractivity (Wildman–Crippen MR) is 76.1 cm³/mol. The van der Waals surface area contributed by atoms with E-state index in [0.29, 0.717) is 5.92 Å². The normalized spacial score (nSPS) is 19.6. The van der Waals surface area contributed by atoms with Gasteiger partial charge in [-0.15, -0.1) is 0 Å². The third kappa shape index (κ3) is 3.33. The van der Waals surface area contributed by atoms with Crippen LogP contribution in [0.25, 0.3) is 0 Å². The molecule has 2 heteroatoms. The molecule has 0 heterocycles. The van der Waals surface area contributed by atoms with E-state index in [1.54, 1.807) is 18.2 Å². The van der Waals surface area contributed by atoms with E-state index >= 15 is 0 Å². The van der Waals surface area contributed by atoms with Crippen molar-refractivity contribution in [1.82, 2.24) is 5.32 Å². The molecule has 2 rings (SSSR count). The molecule has 100 valence electrons. The Bertz CT molecular complexity index is 386. The highest BCUT2D eigenvalue weighted by atomic mass is 16.5. The van der Waals surface area contributed by atoms with Gasteiger partial charge in [-0.25, -0.2) is 0 Å². The summed E-state index contributed by atoms with van der Waals surface area (Å²) in [5.74, 6) is 0.658. The van der Waals surface area contributed by atoms with E-state index in [0.717, 1.165) is 13.2 Å². The molecule has 0 bridgehead atoms. The molecule has 1 aromatic rings. The number of hydrogen-bond donors (Lipinski definition) is 1. The Balaban J connectivity index is 1.99. The highest BCUT2D eigenvalue weighted by molar-refractivity contribution is 5.32. The maximum Gasteiger partial charge on any atom is 0.0639 e. The van der Waals surface area contributed by atoms with Gasteiger partial charge in [-0.1, -0.05) is 24.3 Å². The van der Waals surface area contributed by atoms with Crippen molar-refractivity contribution in [2.24, 2.45) is 0 Å². The molecule has 0 fully saturated rings. The molecule has 1 aromatic carbocycles. The number of fused-ring (bicyclic) bond motifs is 1. The summed E-state index contributed by atoms with van der Waals surface area (Å²) in [6.45, 7) is 6.20. The van der Waals surface area contributed by atoms with Gasteiger partial charge in [0.2, 0.25) is 0 Å². The Morgan fingerprint density at radius 3 is 2.89 bits per heavy atom. The molecule has 1 N–H and O–H groups in total. The van der Waals surface area contributed by atoms with Crippen LogP contribution >= 0.6 is 0 Å². The number of hydrogen-bond acceptors (Lipinski definition) is 2. The van der Waals surface area contributed by atoms with Gasteiger partial charge in [0, 0.05) is 19.2 Å². The first-order valence-corrected chi connectivity index (χ1v) is 6.94.